The van der Waals surface area contributed by atoms with E-state index in [2.05, 4.69) is 51.7 Å². The molecule has 1 fully saturated rings. The summed E-state index contributed by atoms with van der Waals surface area (Å²) in [5, 5.41) is 3.69. The maximum absolute atomic E-state index is 5.13. The van der Waals surface area contributed by atoms with Gasteiger partial charge in [0.1, 0.15) is 5.82 Å². The summed E-state index contributed by atoms with van der Waals surface area (Å²) in [6.07, 6.45) is 3.14. The van der Waals surface area contributed by atoms with Gasteiger partial charge < -0.3 is 9.64 Å². The number of ether oxygens (including phenoxy) is 1. The fourth-order valence-corrected chi connectivity index (χ4v) is 4.31. The Morgan fingerprint density at radius 1 is 1.21 bits per heavy atom. The van der Waals surface area contributed by atoms with Gasteiger partial charge in [-0.15, -0.1) is 0 Å². The molecule has 3 aromatic rings. The number of benzene rings is 2. The van der Waals surface area contributed by atoms with Crippen molar-refractivity contribution in [1.29, 1.82) is 0 Å². The van der Waals surface area contributed by atoms with Gasteiger partial charge in [0.2, 0.25) is 5.13 Å². The molecule has 1 atom stereocenters. The molecular formula is C19H21N3OS. The van der Waals surface area contributed by atoms with E-state index in [-0.39, 0.29) is 0 Å². The van der Waals surface area contributed by atoms with Gasteiger partial charge in [-0.3, -0.25) is 0 Å². The molecule has 4 rings (SSSR count). The van der Waals surface area contributed by atoms with Gasteiger partial charge in [0.15, 0.2) is 0 Å². The maximum Gasteiger partial charge on any atom is 0.205 e. The molecule has 2 heterocycles. The lowest BCUT2D eigenvalue weighted by atomic mass is 9.97. The molecular weight excluding hydrogens is 318 g/mol. The summed E-state index contributed by atoms with van der Waals surface area (Å²) in [6.45, 7) is 1.72. The van der Waals surface area contributed by atoms with E-state index in [9.17, 15) is 0 Å². The molecule has 0 radical (unpaired) electrons. The lowest BCUT2D eigenvalue weighted by Crippen LogP contribution is -2.22. The Morgan fingerprint density at radius 3 is 3.00 bits per heavy atom. The minimum Gasteiger partial charge on any atom is -0.384 e. The molecule has 0 saturated carbocycles. The second kappa shape index (κ2) is 6.87. The van der Waals surface area contributed by atoms with Crippen molar-refractivity contribution in [3.05, 3.63) is 53.9 Å². The van der Waals surface area contributed by atoms with Crippen LogP contribution in [0.5, 0.6) is 0 Å². The van der Waals surface area contributed by atoms with Crippen molar-refractivity contribution in [3.63, 3.8) is 0 Å². The van der Waals surface area contributed by atoms with Crippen LogP contribution in [0.25, 0.3) is 10.8 Å². The maximum atomic E-state index is 5.13. The molecule has 0 aliphatic carbocycles. The predicted molar refractivity (Wildman–Crippen MR) is 98.8 cm³/mol. The highest BCUT2D eigenvalue weighted by atomic mass is 32.1. The summed E-state index contributed by atoms with van der Waals surface area (Å²) in [7, 11) is 1.71. The largest absolute Gasteiger partial charge is 0.384 e. The van der Waals surface area contributed by atoms with Gasteiger partial charge in [-0.25, -0.2) is 4.98 Å². The highest BCUT2D eigenvalue weighted by Crippen LogP contribution is 2.39. The van der Waals surface area contributed by atoms with E-state index >= 15 is 0 Å². The summed E-state index contributed by atoms with van der Waals surface area (Å²) >= 11 is 1.51. The smallest absolute Gasteiger partial charge is 0.205 e. The van der Waals surface area contributed by atoms with Gasteiger partial charge >= 0.3 is 0 Å². The third kappa shape index (κ3) is 2.89. The molecule has 2 aromatic carbocycles. The Morgan fingerprint density at radius 2 is 2.08 bits per heavy atom. The van der Waals surface area contributed by atoms with Crippen molar-refractivity contribution >= 4 is 27.4 Å². The van der Waals surface area contributed by atoms with Crippen LogP contribution in [0.15, 0.2) is 42.5 Å². The standard InChI is InChI=1S/C19H21N3OS/c1-23-13-11-18-20-19(24-21-18)22-12-5-10-17(22)16-9-4-7-14-6-2-3-8-15(14)16/h2-4,6-9,17H,5,10-13H2,1H3. The third-order valence-electron chi connectivity index (χ3n) is 4.67. The molecule has 5 heteroatoms. The SMILES string of the molecule is COCCc1nsc(N2CCCC2c2cccc3ccccc23)n1. The van der Waals surface area contributed by atoms with Crippen molar-refractivity contribution < 1.29 is 4.74 Å². The first-order chi connectivity index (χ1) is 11.9. The number of hydrogen-bond acceptors (Lipinski definition) is 5. The Kier molecular flexibility index (Phi) is 4.45. The summed E-state index contributed by atoms with van der Waals surface area (Å²) in [5.41, 5.74) is 1.40. The topological polar surface area (TPSA) is 38.2 Å². The molecule has 24 heavy (non-hydrogen) atoms. The normalized spacial score (nSPS) is 17.7. The quantitative estimate of drug-likeness (QED) is 0.697. The van der Waals surface area contributed by atoms with Crippen LogP contribution in [0.4, 0.5) is 5.13 Å². The van der Waals surface area contributed by atoms with Gasteiger partial charge in [-0.2, -0.15) is 4.37 Å². The summed E-state index contributed by atoms with van der Waals surface area (Å²) in [5.74, 6) is 0.889. The third-order valence-corrected chi connectivity index (χ3v) is 5.46. The molecule has 124 valence electrons. The van der Waals surface area contributed by atoms with Gasteiger partial charge in [-0.1, -0.05) is 42.5 Å². The van der Waals surface area contributed by atoms with Crippen LogP contribution >= 0.6 is 11.5 Å². The van der Waals surface area contributed by atoms with Crippen LogP contribution in [-0.4, -0.2) is 29.6 Å². The second-order valence-electron chi connectivity index (χ2n) is 6.16. The number of anilines is 1. The number of nitrogens with zero attached hydrogens (tertiary/aromatic N) is 3. The number of hydrogen-bond donors (Lipinski definition) is 0. The Bertz CT molecular complexity index is 827. The number of rotatable bonds is 5. The van der Waals surface area contributed by atoms with Crippen molar-refractivity contribution in [2.75, 3.05) is 25.2 Å². The minimum absolute atomic E-state index is 0.388. The van der Waals surface area contributed by atoms with Crippen molar-refractivity contribution in [2.24, 2.45) is 0 Å². The summed E-state index contributed by atoms with van der Waals surface area (Å²) in [4.78, 5) is 7.17. The number of aromatic nitrogens is 2. The minimum atomic E-state index is 0.388. The molecule has 1 saturated heterocycles. The zero-order chi connectivity index (χ0) is 16.4. The molecule has 1 aliphatic rings. The van der Waals surface area contributed by atoms with Gasteiger partial charge in [0.05, 0.1) is 12.6 Å². The van der Waals surface area contributed by atoms with E-state index in [0.717, 1.165) is 23.9 Å². The van der Waals surface area contributed by atoms with Crippen LogP contribution in [0, 0.1) is 0 Å². The van der Waals surface area contributed by atoms with Crippen LogP contribution in [0.2, 0.25) is 0 Å². The number of methoxy groups -OCH3 is 1. The zero-order valence-corrected chi connectivity index (χ0v) is 14.6. The zero-order valence-electron chi connectivity index (χ0n) is 13.8. The van der Waals surface area contributed by atoms with Crippen molar-refractivity contribution in [3.8, 4) is 0 Å². The van der Waals surface area contributed by atoms with E-state index in [0.29, 0.717) is 12.6 Å². The highest BCUT2D eigenvalue weighted by Gasteiger charge is 2.29. The Balaban J connectivity index is 1.66. The fourth-order valence-electron chi connectivity index (χ4n) is 3.52. The first-order valence-electron chi connectivity index (χ1n) is 8.42. The molecule has 1 unspecified atom stereocenters. The van der Waals surface area contributed by atoms with Gasteiger partial charge in [-0.05, 0) is 29.2 Å². The van der Waals surface area contributed by atoms with Crippen molar-refractivity contribution in [1.82, 2.24) is 9.36 Å². The molecule has 0 amide bonds. The van der Waals surface area contributed by atoms with E-state index in [4.69, 9.17) is 9.72 Å². The van der Waals surface area contributed by atoms with Crippen LogP contribution in [0.3, 0.4) is 0 Å². The molecule has 0 N–H and O–H groups in total. The first kappa shape index (κ1) is 15.5. The average molecular weight is 339 g/mol. The Labute approximate surface area is 146 Å². The highest BCUT2D eigenvalue weighted by molar-refractivity contribution is 7.09. The first-order valence-corrected chi connectivity index (χ1v) is 9.20. The van der Waals surface area contributed by atoms with Crippen molar-refractivity contribution in [2.45, 2.75) is 25.3 Å². The lowest BCUT2D eigenvalue weighted by Gasteiger charge is -2.25. The molecule has 0 bridgehead atoms. The van der Waals surface area contributed by atoms with Crippen LogP contribution in [-0.2, 0) is 11.2 Å². The van der Waals surface area contributed by atoms with Crippen LogP contribution in [0.1, 0.15) is 30.3 Å². The van der Waals surface area contributed by atoms with E-state index in [1.165, 1.54) is 40.7 Å². The molecule has 1 aromatic heterocycles. The van der Waals surface area contributed by atoms with E-state index in [1.54, 1.807) is 7.11 Å². The fraction of sp³-hybridized carbons (Fsp3) is 0.368. The monoisotopic (exact) mass is 339 g/mol. The molecule has 1 aliphatic heterocycles. The van der Waals surface area contributed by atoms with Gasteiger partial charge in [0, 0.05) is 31.6 Å². The van der Waals surface area contributed by atoms with Gasteiger partial charge in [0.25, 0.3) is 0 Å². The second-order valence-corrected chi connectivity index (χ2v) is 6.89. The summed E-state index contributed by atoms with van der Waals surface area (Å²) < 4.78 is 9.63. The lowest BCUT2D eigenvalue weighted by molar-refractivity contribution is 0.201. The molecule has 4 nitrogen and oxygen atoms in total. The average Bonchev–Trinajstić information content (AvgIpc) is 3.28. The Hall–Kier alpha value is -1.98. The summed E-state index contributed by atoms with van der Waals surface area (Å²) in [6, 6.07) is 15.6. The van der Waals surface area contributed by atoms with Crippen LogP contribution < -0.4 is 4.90 Å². The van der Waals surface area contributed by atoms with E-state index in [1.807, 2.05) is 0 Å². The molecule has 0 spiro atoms. The number of fused-ring (bicyclic) bond motifs is 1. The predicted octanol–water partition coefficient (Wildman–Crippen LogP) is 4.22. The van der Waals surface area contributed by atoms with E-state index < -0.39 is 0 Å².